The Morgan fingerprint density at radius 1 is 1.35 bits per heavy atom. The third kappa shape index (κ3) is 5.81. The lowest BCUT2D eigenvalue weighted by Crippen LogP contribution is -2.44. The molecule has 0 spiro atoms. The number of aliphatic hydroxyl groups is 1. The molecular weight excluding hydrogens is 240 g/mol. The van der Waals surface area contributed by atoms with Crippen LogP contribution < -0.4 is 4.72 Å². The van der Waals surface area contributed by atoms with Crippen LogP contribution >= 0.6 is 0 Å². The van der Waals surface area contributed by atoms with Gasteiger partial charge in [0.25, 0.3) is 10.2 Å². The summed E-state index contributed by atoms with van der Waals surface area (Å²) < 4.78 is 27.5. The molecule has 0 aromatic carbocycles. The predicted octanol–water partition coefficient (Wildman–Crippen LogP) is 0.817. The van der Waals surface area contributed by atoms with Crippen molar-refractivity contribution in [3.63, 3.8) is 0 Å². The molecule has 0 saturated heterocycles. The fourth-order valence-corrected chi connectivity index (χ4v) is 2.15. The minimum atomic E-state index is -3.43. The minimum Gasteiger partial charge on any atom is -0.396 e. The lowest BCUT2D eigenvalue weighted by Gasteiger charge is -2.30. The molecule has 6 heteroatoms. The molecular formula is C11H26N2O3S. The van der Waals surface area contributed by atoms with Gasteiger partial charge in [0.05, 0.1) is 0 Å². The Hall–Kier alpha value is -0.170. The van der Waals surface area contributed by atoms with E-state index in [1.165, 1.54) is 11.4 Å². The molecule has 0 saturated carbocycles. The lowest BCUT2D eigenvalue weighted by molar-refractivity contribution is 0.248. The summed E-state index contributed by atoms with van der Waals surface area (Å²) in [7, 11) is -1.91. The quantitative estimate of drug-likeness (QED) is 0.683. The number of rotatable bonds is 8. The van der Waals surface area contributed by atoms with Crippen LogP contribution in [0.2, 0.25) is 0 Å². The van der Waals surface area contributed by atoms with Gasteiger partial charge < -0.3 is 5.11 Å². The van der Waals surface area contributed by atoms with Gasteiger partial charge in [-0.1, -0.05) is 27.7 Å². The van der Waals surface area contributed by atoms with E-state index in [4.69, 9.17) is 5.11 Å². The summed E-state index contributed by atoms with van der Waals surface area (Å²) in [4.78, 5) is 0. The summed E-state index contributed by atoms with van der Waals surface area (Å²) >= 11 is 0. The van der Waals surface area contributed by atoms with Gasteiger partial charge in [0.15, 0.2) is 0 Å². The lowest BCUT2D eigenvalue weighted by atomic mass is 9.81. The molecule has 0 aliphatic carbocycles. The normalized spacial score (nSPS) is 13.6. The van der Waals surface area contributed by atoms with Gasteiger partial charge in [-0.3, -0.25) is 0 Å². The number of nitrogens with one attached hydrogen (secondary N) is 1. The molecule has 0 amide bonds. The highest BCUT2D eigenvalue weighted by molar-refractivity contribution is 7.87. The highest BCUT2D eigenvalue weighted by Gasteiger charge is 2.26. The predicted molar refractivity (Wildman–Crippen MR) is 69.9 cm³/mol. The number of hydrogen-bond donors (Lipinski definition) is 2. The van der Waals surface area contributed by atoms with Gasteiger partial charge in [-0.05, 0) is 17.8 Å². The Bertz CT molecular complexity index is 313. The standard InChI is InChI=1S/C11H26N2O3S/c1-10(2)11(3,4)9-12-17(15,16)13(5)7-6-8-14/h10,12,14H,6-9H2,1-5H3. The van der Waals surface area contributed by atoms with Gasteiger partial charge in [-0.15, -0.1) is 0 Å². The van der Waals surface area contributed by atoms with E-state index in [0.29, 0.717) is 25.4 Å². The van der Waals surface area contributed by atoms with Crippen molar-refractivity contribution >= 4 is 10.2 Å². The molecule has 5 nitrogen and oxygen atoms in total. The molecule has 0 bridgehead atoms. The minimum absolute atomic E-state index is 0.00263. The summed E-state index contributed by atoms with van der Waals surface area (Å²) in [5, 5.41) is 8.67. The largest absolute Gasteiger partial charge is 0.396 e. The van der Waals surface area contributed by atoms with E-state index in [1.807, 2.05) is 13.8 Å². The zero-order valence-electron chi connectivity index (χ0n) is 11.5. The Kier molecular flexibility index (Phi) is 6.61. The van der Waals surface area contributed by atoms with Crippen LogP contribution in [0.4, 0.5) is 0 Å². The smallest absolute Gasteiger partial charge is 0.279 e. The number of nitrogens with zero attached hydrogens (tertiary/aromatic N) is 1. The van der Waals surface area contributed by atoms with Crippen LogP contribution in [0.3, 0.4) is 0 Å². The number of hydrogen-bond acceptors (Lipinski definition) is 3. The third-order valence-corrected chi connectivity index (χ3v) is 4.83. The molecule has 17 heavy (non-hydrogen) atoms. The zero-order valence-corrected chi connectivity index (χ0v) is 12.3. The van der Waals surface area contributed by atoms with E-state index in [-0.39, 0.29) is 12.0 Å². The third-order valence-electron chi connectivity index (χ3n) is 3.31. The van der Waals surface area contributed by atoms with E-state index in [0.717, 1.165) is 0 Å². The van der Waals surface area contributed by atoms with Crippen molar-refractivity contribution in [3.05, 3.63) is 0 Å². The maximum absolute atomic E-state index is 11.8. The van der Waals surface area contributed by atoms with Crippen molar-refractivity contribution in [2.75, 3.05) is 26.7 Å². The molecule has 104 valence electrons. The fourth-order valence-electron chi connectivity index (χ4n) is 1.01. The first-order valence-corrected chi connectivity index (χ1v) is 7.39. The number of aliphatic hydroxyl groups excluding tert-OH is 1. The van der Waals surface area contributed by atoms with Gasteiger partial charge in [-0.25, -0.2) is 4.72 Å². The SMILES string of the molecule is CC(C)C(C)(C)CNS(=O)(=O)N(C)CCCO. The van der Waals surface area contributed by atoms with E-state index < -0.39 is 10.2 Å². The van der Waals surface area contributed by atoms with Crippen molar-refractivity contribution in [3.8, 4) is 0 Å². The maximum atomic E-state index is 11.8. The van der Waals surface area contributed by atoms with Gasteiger partial charge >= 0.3 is 0 Å². The van der Waals surface area contributed by atoms with E-state index in [1.54, 1.807) is 0 Å². The Morgan fingerprint density at radius 2 is 1.88 bits per heavy atom. The summed E-state index contributed by atoms with van der Waals surface area (Å²) in [5.41, 5.74) is -0.0785. The summed E-state index contributed by atoms with van der Waals surface area (Å²) in [5.74, 6) is 0.396. The maximum Gasteiger partial charge on any atom is 0.279 e. The second-order valence-electron chi connectivity index (χ2n) is 5.37. The molecule has 0 aliphatic rings. The van der Waals surface area contributed by atoms with Crippen LogP contribution in [0.1, 0.15) is 34.1 Å². The van der Waals surface area contributed by atoms with Crippen LogP contribution in [0.5, 0.6) is 0 Å². The van der Waals surface area contributed by atoms with E-state index in [2.05, 4.69) is 18.6 Å². The topological polar surface area (TPSA) is 69.6 Å². The van der Waals surface area contributed by atoms with Crippen molar-refractivity contribution in [1.29, 1.82) is 0 Å². The molecule has 0 unspecified atom stereocenters. The van der Waals surface area contributed by atoms with Crippen LogP contribution in [0, 0.1) is 11.3 Å². The van der Waals surface area contributed by atoms with Crippen LogP contribution in [-0.2, 0) is 10.2 Å². The zero-order chi connectivity index (χ0) is 13.7. The highest BCUT2D eigenvalue weighted by atomic mass is 32.2. The van der Waals surface area contributed by atoms with Gasteiger partial charge in [-0.2, -0.15) is 12.7 Å². The molecule has 0 radical (unpaired) electrons. The van der Waals surface area contributed by atoms with E-state index in [9.17, 15) is 8.42 Å². The van der Waals surface area contributed by atoms with Gasteiger partial charge in [0.2, 0.25) is 0 Å². The Morgan fingerprint density at radius 3 is 2.29 bits per heavy atom. The van der Waals surface area contributed by atoms with Crippen molar-refractivity contribution in [2.45, 2.75) is 34.1 Å². The fraction of sp³-hybridized carbons (Fsp3) is 1.00. The molecule has 0 fully saturated rings. The van der Waals surface area contributed by atoms with Crippen molar-refractivity contribution < 1.29 is 13.5 Å². The van der Waals surface area contributed by atoms with Gasteiger partial charge in [0, 0.05) is 26.7 Å². The first kappa shape index (κ1) is 16.8. The summed E-state index contributed by atoms with van der Waals surface area (Å²) in [6, 6.07) is 0. The van der Waals surface area contributed by atoms with Crippen molar-refractivity contribution in [1.82, 2.24) is 9.03 Å². The molecule has 0 heterocycles. The first-order chi connectivity index (χ1) is 7.63. The monoisotopic (exact) mass is 266 g/mol. The average molecular weight is 266 g/mol. The second-order valence-corrected chi connectivity index (χ2v) is 7.23. The highest BCUT2D eigenvalue weighted by Crippen LogP contribution is 2.24. The molecule has 0 atom stereocenters. The Labute approximate surface area is 105 Å². The van der Waals surface area contributed by atoms with Crippen LogP contribution in [0.15, 0.2) is 0 Å². The van der Waals surface area contributed by atoms with Gasteiger partial charge in [0.1, 0.15) is 0 Å². The second kappa shape index (κ2) is 6.68. The first-order valence-electron chi connectivity index (χ1n) is 5.95. The van der Waals surface area contributed by atoms with Crippen LogP contribution in [-0.4, -0.2) is 44.6 Å². The van der Waals surface area contributed by atoms with E-state index >= 15 is 0 Å². The average Bonchev–Trinajstić information content (AvgIpc) is 2.23. The summed E-state index contributed by atoms with van der Waals surface area (Å²) in [6.07, 6.45) is 0.449. The summed E-state index contributed by atoms with van der Waals surface area (Å²) in [6.45, 7) is 8.96. The molecule has 0 aromatic rings. The molecule has 0 aromatic heterocycles. The Balaban J connectivity index is 4.37. The molecule has 0 rings (SSSR count). The van der Waals surface area contributed by atoms with Crippen molar-refractivity contribution in [2.24, 2.45) is 11.3 Å². The molecule has 2 N–H and O–H groups in total. The van der Waals surface area contributed by atoms with Crippen LogP contribution in [0.25, 0.3) is 0 Å². The molecule has 0 aliphatic heterocycles.